The van der Waals surface area contributed by atoms with Crippen LogP contribution in [0.1, 0.15) is 11.4 Å². The number of hydrogen-bond acceptors (Lipinski definition) is 4. The van der Waals surface area contributed by atoms with Gasteiger partial charge in [-0.25, -0.2) is 9.97 Å². The van der Waals surface area contributed by atoms with Gasteiger partial charge in [0.05, 0.1) is 10.7 Å². The average molecular weight is 312 g/mol. The molecule has 0 bridgehead atoms. The molecule has 2 heterocycles. The van der Waals surface area contributed by atoms with Gasteiger partial charge in [-0.3, -0.25) is 4.98 Å². The third-order valence-corrected chi connectivity index (χ3v) is 3.33. The van der Waals surface area contributed by atoms with Crippen molar-refractivity contribution in [3.8, 4) is 17.3 Å². The van der Waals surface area contributed by atoms with Crippen molar-refractivity contribution in [2.24, 2.45) is 0 Å². The Morgan fingerprint density at radius 1 is 1.05 bits per heavy atom. The van der Waals surface area contributed by atoms with Gasteiger partial charge in [-0.15, -0.1) is 0 Å². The van der Waals surface area contributed by atoms with E-state index in [9.17, 15) is 0 Å². The molecule has 22 heavy (non-hydrogen) atoms. The van der Waals surface area contributed by atoms with E-state index in [1.807, 2.05) is 49.4 Å². The lowest BCUT2D eigenvalue weighted by Gasteiger charge is -2.09. The summed E-state index contributed by atoms with van der Waals surface area (Å²) in [6.07, 6.45) is 1.72. The van der Waals surface area contributed by atoms with Crippen molar-refractivity contribution < 1.29 is 4.74 Å². The second-order valence-electron chi connectivity index (χ2n) is 4.76. The van der Waals surface area contributed by atoms with Crippen LogP contribution in [0.25, 0.3) is 11.5 Å². The Kier molecular flexibility index (Phi) is 4.30. The van der Waals surface area contributed by atoms with Gasteiger partial charge in [0.25, 0.3) is 0 Å². The molecule has 0 N–H and O–H groups in total. The van der Waals surface area contributed by atoms with Crippen LogP contribution in [0, 0.1) is 6.92 Å². The quantitative estimate of drug-likeness (QED) is 0.728. The number of aromatic nitrogens is 3. The number of pyridine rings is 1. The van der Waals surface area contributed by atoms with Gasteiger partial charge in [-0.05, 0) is 37.3 Å². The van der Waals surface area contributed by atoms with Crippen LogP contribution < -0.4 is 4.74 Å². The van der Waals surface area contributed by atoms with Gasteiger partial charge < -0.3 is 4.74 Å². The van der Waals surface area contributed by atoms with Crippen molar-refractivity contribution >= 4 is 11.6 Å². The monoisotopic (exact) mass is 311 g/mol. The van der Waals surface area contributed by atoms with Gasteiger partial charge in [0.2, 0.25) is 0 Å². The first kappa shape index (κ1) is 14.5. The van der Waals surface area contributed by atoms with Crippen molar-refractivity contribution in [2.75, 3.05) is 0 Å². The summed E-state index contributed by atoms with van der Waals surface area (Å²) in [5, 5.41) is 0.582. The van der Waals surface area contributed by atoms with Gasteiger partial charge in [-0.1, -0.05) is 29.8 Å². The minimum Gasteiger partial charge on any atom is -0.486 e. The van der Waals surface area contributed by atoms with E-state index in [2.05, 4.69) is 15.0 Å². The molecule has 5 heteroatoms. The van der Waals surface area contributed by atoms with E-state index in [0.29, 0.717) is 23.2 Å². The number of rotatable bonds is 4. The number of nitrogens with zero attached hydrogens (tertiary/aromatic N) is 3. The van der Waals surface area contributed by atoms with Crippen molar-refractivity contribution in [3.63, 3.8) is 0 Å². The second kappa shape index (κ2) is 6.54. The lowest BCUT2D eigenvalue weighted by molar-refractivity contribution is 0.301. The summed E-state index contributed by atoms with van der Waals surface area (Å²) >= 11 is 6.08. The van der Waals surface area contributed by atoms with Crippen LogP contribution in [0.3, 0.4) is 0 Å². The van der Waals surface area contributed by atoms with Crippen molar-refractivity contribution in [2.45, 2.75) is 13.5 Å². The molecule has 3 rings (SSSR count). The molecule has 0 saturated heterocycles. The molecule has 1 aromatic carbocycles. The maximum Gasteiger partial charge on any atom is 0.178 e. The molecule has 110 valence electrons. The molecule has 0 amide bonds. The molecule has 2 aromatic heterocycles. The van der Waals surface area contributed by atoms with E-state index in [-0.39, 0.29) is 0 Å². The van der Waals surface area contributed by atoms with Crippen LogP contribution >= 0.6 is 11.6 Å². The molecule has 3 aromatic rings. The summed E-state index contributed by atoms with van der Waals surface area (Å²) in [7, 11) is 0. The summed E-state index contributed by atoms with van der Waals surface area (Å²) in [5.74, 6) is 1.23. The number of halogens is 1. The molecule has 0 aliphatic carbocycles. The Morgan fingerprint density at radius 2 is 1.86 bits per heavy atom. The lowest BCUT2D eigenvalue weighted by Crippen LogP contribution is -2.03. The summed E-state index contributed by atoms with van der Waals surface area (Å²) in [5.41, 5.74) is 2.40. The highest BCUT2D eigenvalue weighted by Gasteiger charge is 2.07. The molecular weight excluding hydrogens is 298 g/mol. The molecule has 0 saturated carbocycles. The molecule has 0 atom stereocenters. The predicted molar refractivity (Wildman–Crippen MR) is 85.8 cm³/mol. The summed E-state index contributed by atoms with van der Waals surface area (Å²) < 4.78 is 5.73. The molecule has 4 nitrogen and oxygen atoms in total. The van der Waals surface area contributed by atoms with Gasteiger partial charge in [-0.2, -0.15) is 0 Å². The third kappa shape index (κ3) is 3.40. The maximum atomic E-state index is 6.08. The largest absolute Gasteiger partial charge is 0.486 e. The van der Waals surface area contributed by atoms with E-state index < -0.39 is 0 Å². The summed E-state index contributed by atoms with van der Waals surface area (Å²) in [4.78, 5) is 13.2. The van der Waals surface area contributed by atoms with Gasteiger partial charge >= 0.3 is 0 Å². The van der Waals surface area contributed by atoms with Crippen LogP contribution in [0.2, 0.25) is 5.02 Å². The molecule has 0 aliphatic heterocycles. The summed E-state index contributed by atoms with van der Waals surface area (Å²) in [6.45, 7) is 2.25. The maximum absolute atomic E-state index is 6.08. The van der Waals surface area contributed by atoms with Gasteiger partial charge in [0.1, 0.15) is 18.1 Å². The topological polar surface area (TPSA) is 47.9 Å². The Labute approximate surface area is 133 Å². The fourth-order valence-corrected chi connectivity index (χ4v) is 2.22. The molecular formula is C17H14ClN3O. The SMILES string of the molecule is Cc1cc(COc2ccccc2Cl)nc(-c2ccccn2)n1. The normalized spacial score (nSPS) is 10.5. The number of para-hydroxylation sites is 1. The average Bonchev–Trinajstić information content (AvgIpc) is 2.54. The highest BCUT2D eigenvalue weighted by atomic mass is 35.5. The first-order valence-corrected chi connectivity index (χ1v) is 7.23. The number of aryl methyl sites for hydroxylation is 1. The second-order valence-corrected chi connectivity index (χ2v) is 5.17. The fourth-order valence-electron chi connectivity index (χ4n) is 2.03. The molecule has 0 aliphatic rings. The van der Waals surface area contributed by atoms with Crippen LogP contribution in [0.5, 0.6) is 5.75 Å². The van der Waals surface area contributed by atoms with E-state index >= 15 is 0 Å². The minimum absolute atomic E-state index is 0.326. The molecule has 0 radical (unpaired) electrons. The fraction of sp³-hybridized carbons (Fsp3) is 0.118. The Morgan fingerprint density at radius 3 is 2.64 bits per heavy atom. The van der Waals surface area contributed by atoms with E-state index in [0.717, 1.165) is 17.1 Å². The number of hydrogen-bond donors (Lipinski definition) is 0. The minimum atomic E-state index is 0.326. The van der Waals surface area contributed by atoms with E-state index in [4.69, 9.17) is 16.3 Å². The highest BCUT2D eigenvalue weighted by molar-refractivity contribution is 6.32. The molecule has 0 fully saturated rings. The Balaban J connectivity index is 1.83. The molecule has 0 unspecified atom stereocenters. The van der Waals surface area contributed by atoms with Crippen LogP contribution in [-0.4, -0.2) is 15.0 Å². The van der Waals surface area contributed by atoms with Crippen molar-refractivity contribution in [1.82, 2.24) is 15.0 Å². The van der Waals surface area contributed by atoms with E-state index in [1.165, 1.54) is 0 Å². The number of benzene rings is 1. The molecule has 0 spiro atoms. The number of ether oxygens (including phenoxy) is 1. The zero-order valence-electron chi connectivity index (χ0n) is 12.0. The van der Waals surface area contributed by atoms with Crippen LogP contribution in [-0.2, 0) is 6.61 Å². The Hall–Kier alpha value is -2.46. The van der Waals surface area contributed by atoms with Gasteiger partial charge in [0.15, 0.2) is 5.82 Å². The lowest BCUT2D eigenvalue weighted by atomic mass is 10.3. The summed E-state index contributed by atoms with van der Waals surface area (Å²) in [6, 6.07) is 14.9. The predicted octanol–water partition coefficient (Wildman–Crippen LogP) is 4.08. The van der Waals surface area contributed by atoms with Crippen LogP contribution in [0.15, 0.2) is 54.7 Å². The van der Waals surface area contributed by atoms with Crippen molar-refractivity contribution in [1.29, 1.82) is 0 Å². The smallest absolute Gasteiger partial charge is 0.178 e. The van der Waals surface area contributed by atoms with Gasteiger partial charge in [0, 0.05) is 11.9 Å². The zero-order chi connectivity index (χ0) is 15.4. The zero-order valence-corrected chi connectivity index (χ0v) is 12.8. The Bertz CT molecular complexity index is 778. The standard InChI is InChI=1S/C17H14ClN3O/c1-12-10-13(11-22-16-8-3-2-6-14(16)18)21-17(20-12)15-7-4-5-9-19-15/h2-10H,11H2,1H3. The highest BCUT2D eigenvalue weighted by Crippen LogP contribution is 2.24. The first-order valence-electron chi connectivity index (χ1n) is 6.85. The first-order chi connectivity index (χ1) is 10.7. The third-order valence-electron chi connectivity index (χ3n) is 3.01. The van der Waals surface area contributed by atoms with Crippen LogP contribution in [0.4, 0.5) is 0 Å². The van der Waals surface area contributed by atoms with E-state index in [1.54, 1.807) is 12.3 Å². The van der Waals surface area contributed by atoms with Crippen molar-refractivity contribution in [3.05, 3.63) is 71.1 Å².